The van der Waals surface area contributed by atoms with E-state index in [0.29, 0.717) is 12.2 Å². The number of carbonyl (C=O) groups is 1. The van der Waals surface area contributed by atoms with Crippen LogP contribution in [0.25, 0.3) is 0 Å². The summed E-state index contributed by atoms with van der Waals surface area (Å²) in [5.74, 6) is -0.178. The monoisotopic (exact) mass is 351 g/mol. The Balaban J connectivity index is 2.19. The molecule has 0 aliphatic heterocycles. The molecule has 20 heavy (non-hydrogen) atoms. The van der Waals surface area contributed by atoms with Crippen molar-refractivity contribution in [1.29, 1.82) is 0 Å². The lowest BCUT2D eigenvalue weighted by molar-refractivity contribution is 0.102. The third-order valence-electron chi connectivity index (χ3n) is 2.69. The van der Waals surface area contributed by atoms with Crippen LogP contribution in [0.2, 0.25) is 0 Å². The molecule has 0 aliphatic rings. The number of carbonyl (C=O) groups excluding carboxylic acids is 1. The van der Waals surface area contributed by atoms with E-state index in [2.05, 4.69) is 33.9 Å². The molecule has 0 saturated heterocycles. The number of nitrogens with one attached hydrogen (secondary N) is 1. The minimum atomic E-state index is -0.178. The zero-order valence-corrected chi connectivity index (χ0v) is 13.4. The molecule has 0 aliphatic carbocycles. The lowest BCUT2D eigenvalue weighted by atomic mass is 10.2. The molecule has 2 rings (SSSR count). The van der Waals surface area contributed by atoms with Crippen molar-refractivity contribution in [1.82, 2.24) is 0 Å². The Labute approximate surface area is 131 Å². The molecule has 3 nitrogen and oxygen atoms in total. The summed E-state index contributed by atoms with van der Waals surface area (Å²) < 4.78 is 5.81. The van der Waals surface area contributed by atoms with Gasteiger partial charge in [0.05, 0.1) is 12.2 Å². The molecule has 0 aromatic heterocycles. The maximum atomic E-state index is 12.2. The van der Waals surface area contributed by atoms with Crippen LogP contribution in [0.15, 0.2) is 51.8 Å². The molecule has 2 aromatic rings. The summed E-state index contributed by atoms with van der Waals surface area (Å²) in [5, 5.41) is 2.87. The second-order valence-electron chi connectivity index (χ2n) is 4.25. The number of halogens is 1. The van der Waals surface area contributed by atoms with E-state index in [1.807, 2.05) is 30.3 Å². The van der Waals surface area contributed by atoms with E-state index in [1.165, 1.54) is 0 Å². The second kappa shape index (κ2) is 6.92. The number of anilines is 1. The summed E-state index contributed by atoms with van der Waals surface area (Å²) in [4.78, 5) is 13.0. The van der Waals surface area contributed by atoms with E-state index < -0.39 is 0 Å². The van der Waals surface area contributed by atoms with E-state index in [1.54, 1.807) is 19.2 Å². The van der Waals surface area contributed by atoms with Crippen LogP contribution < -0.4 is 5.32 Å². The second-order valence-corrected chi connectivity index (χ2v) is 5.62. The third-order valence-corrected chi connectivity index (χ3v) is 3.66. The van der Waals surface area contributed by atoms with Gasteiger partial charge in [-0.3, -0.25) is 4.79 Å². The first-order valence-corrected chi connectivity index (χ1v) is 7.22. The fourth-order valence-corrected chi connectivity index (χ4v) is 2.42. The average Bonchev–Trinajstić information content (AvgIpc) is 2.42. The van der Waals surface area contributed by atoms with Crippen molar-refractivity contribution < 1.29 is 9.53 Å². The number of hydrogen-bond acceptors (Lipinski definition) is 3. The number of rotatable bonds is 4. The molecule has 0 radical (unpaired) electrons. The minimum Gasteiger partial charge on any atom is -0.380 e. The zero-order chi connectivity index (χ0) is 14.5. The largest absolute Gasteiger partial charge is 0.380 e. The van der Waals surface area contributed by atoms with Gasteiger partial charge in [-0.05, 0) is 51.8 Å². The van der Waals surface area contributed by atoms with E-state index in [4.69, 9.17) is 4.74 Å². The molecular formula is C15H14BrNO2S. The number of benzene rings is 2. The number of thiol groups is 1. The summed E-state index contributed by atoms with van der Waals surface area (Å²) in [6.07, 6.45) is 0. The molecule has 1 N–H and O–H groups in total. The molecule has 1 amide bonds. The van der Waals surface area contributed by atoms with Crippen molar-refractivity contribution in [3.63, 3.8) is 0 Å². The van der Waals surface area contributed by atoms with Crippen LogP contribution in [0.5, 0.6) is 0 Å². The summed E-state index contributed by atoms with van der Waals surface area (Å²) >= 11 is 7.62. The van der Waals surface area contributed by atoms with Gasteiger partial charge >= 0.3 is 0 Å². The van der Waals surface area contributed by atoms with Gasteiger partial charge in [0, 0.05) is 22.2 Å². The molecular weight excluding hydrogens is 338 g/mol. The van der Waals surface area contributed by atoms with Gasteiger partial charge in [-0.1, -0.05) is 12.1 Å². The maximum absolute atomic E-state index is 12.2. The molecule has 0 spiro atoms. The van der Waals surface area contributed by atoms with Crippen LogP contribution >= 0.6 is 28.6 Å². The fraction of sp³-hybridized carbons (Fsp3) is 0.133. The fourth-order valence-electron chi connectivity index (χ4n) is 1.79. The van der Waals surface area contributed by atoms with E-state index in [0.717, 1.165) is 20.6 Å². The van der Waals surface area contributed by atoms with Crippen molar-refractivity contribution >= 4 is 40.2 Å². The summed E-state index contributed by atoms with van der Waals surface area (Å²) in [6, 6.07) is 12.9. The van der Waals surface area contributed by atoms with E-state index >= 15 is 0 Å². The first kappa shape index (κ1) is 15.1. The highest BCUT2D eigenvalue weighted by Crippen LogP contribution is 2.22. The molecule has 2 aromatic carbocycles. The highest BCUT2D eigenvalue weighted by Gasteiger charge is 2.10. The van der Waals surface area contributed by atoms with Crippen LogP contribution in [-0.2, 0) is 11.3 Å². The highest BCUT2D eigenvalue weighted by atomic mass is 79.9. The molecule has 0 atom stereocenters. The van der Waals surface area contributed by atoms with Gasteiger partial charge in [-0.15, -0.1) is 12.6 Å². The SMILES string of the molecule is COCc1cccc(NC(=O)c2cc(S)ccc2Br)c1. The van der Waals surface area contributed by atoms with E-state index in [-0.39, 0.29) is 5.91 Å². The Bertz CT molecular complexity index is 631. The van der Waals surface area contributed by atoms with Gasteiger partial charge in [0.15, 0.2) is 0 Å². The van der Waals surface area contributed by atoms with Crippen LogP contribution in [0.1, 0.15) is 15.9 Å². The Morgan fingerprint density at radius 3 is 2.85 bits per heavy atom. The van der Waals surface area contributed by atoms with Crippen molar-refractivity contribution in [2.75, 3.05) is 12.4 Å². The molecule has 0 unspecified atom stereocenters. The van der Waals surface area contributed by atoms with Crippen molar-refractivity contribution in [2.24, 2.45) is 0 Å². The Kier molecular flexibility index (Phi) is 5.23. The predicted molar refractivity (Wildman–Crippen MR) is 86.5 cm³/mol. The van der Waals surface area contributed by atoms with Gasteiger partial charge in [0.25, 0.3) is 5.91 Å². The number of amides is 1. The molecule has 5 heteroatoms. The zero-order valence-electron chi connectivity index (χ0n) is 10.9. The lowest BCUT2D eigenvalue weighted by Gasteiger charge is -2.09. The van der Waals surface area contributed by atoms with Gasteiger partial charge in [-0.25, -0.2) is 0 Å². The van der Waals surface area contributed by atoms with Gasteiger partial charge < -0.3 is 10.1 Å². The maximum Gasteiger partial charge on any atom is 0.256 e. The normalized spacial score (nSPS) is 10.3. The predicted octanol–water partition coefficient (Wildman–Crippen LogP) is 4.14. The standard InChI is InChI=1S/C15H14BrNO2S/c1-19-9-10-3-2-4-11(7-10)17-15(18)13-8-12(20)5-6-14(13)16/h2-8,20H,9H2,1H3,(H,17,18). The van der Waals surface area contributed by atoms with Crippen LogP contribution in [0.4, 0.5) is 5.69 Å². The number of hydrogen-bond donors (Lipinski definition) is 2. The summed E-state index contributed by atoms with van der Waals surface area (Å²) in [6.45, 7) is 0.513. The first-order chi connectivity index (χ1) is 9.60. The number of ether oxygens (including phenoxy) is 1. The molecule has 0 heterocycles. The van der Waals surface area contributed by atoms with Gasteiger partial charge in [0.2, 0.25) is 0 Å². The van der Waals surface area contributed by atoms with Crippen LogP contribution in [0, 0.1) is 0 Å². The molecule has 0 saturated carbocycles. The van der Waals surface area contributed by atoms with Crippen LogP contribution in [-0.4, -0.2) is 13.0 Å². The summed E-state index contributed by atoms with van der Waals surface area (Å²) in [5.41, 5.74) is 2.29. The molecule has 0 fully saturated rings. The molecule has 0 bridgehead atoms. The van der Waals surface area contributed by atoms with Gasteiger partial charge in [-0.2, -0.15) is 0 Å². The summed E-state index contributed by atoms with van der Waals surface area (Å²) in [7, 11) is 1.64. The van der Waals surface area contributed by atoms with Crippen molar-refractivity contribution in [3.8, 4) is 0 Å². The van der Waals surface area contributed by atoms with Crippen molar-refractivity contribution in [2.45, 2.75) is 11.5 Å². The molecule has 104 valence electrons. The minimum absolute atomic E-state index is 0.178. The quantitative estimate of drug-likeness (QED) is 0.812. The Morgan fingerprint density at radius 2 is 2.10 bits per heavy atom. The number of methoxy groups -OCH3 is 1. The van der Waals surface area contributed by atoms with E-state index in [9.17, 15) is 4.79 Å². The Morgan fingerprint density at radius 1 is 1.30 bits per heavy atom. The average molecular weight is 352 g/mol. The third kappa shape index (κ3) is 3.85. The smallest absolute Gasteiger partial charge is 0.256 e. The van der Waals surface area contributed by atoms with Crippen LogP contribution in [0.3, 0.4) is 0 Å². The lowest BCUT2D eigenvalue weighted by Crippen LogP contribution is -2.12. The first-order valence-electron chi connectivity index (χ1n) is 5.98. The highest BCUT2D eigenvalue weighted by molar-refractivity contribution is 9.10. The Hall–Kier alpha value is -1.30. The van der Waals surface area contributed by atoms with Crippen molar-refractivity contribution in [3.05, 3.63) is 58.1 Å². The van der Waals surface area contributed by atoms with Gasteiger partial charge in [0.1, 0.15) is 0 Å². The topological polar surface area (TPSA) is 38.3 Å².